The number of hydrogen-bond acceptors (Lipinski definition) is 5. The number of thioether (sulfide) groups is 1. The molecule has 2 saturated heterocycles. The lowest BCUT2D eigenvalue weighted by Gasteiger charge is -2.27. The van der Waals surface area contributed by atoms with Crippen molar-refractivity contribution < 1.29 is 19.1 Å². The summed E-state index contributed by atoms with van der Waals surface area (Å²) < 4.78 is 5.55. The number of nitrogens with zero attached hydrogens (tertiary/aromatic N) is 1. The zero-order valence-electron chi connectivity index (χ0n) is 19.2. The summed E-state index contributed by atoms with van der Waals surface area (Å²) in [5, 5.41) is 4.78. The number of hydrogen-bond donors (Lipinski definition) is 1. The first kappa shape index (κ1) is 30.4. The third-order valence-electron chi connectivity index (χ3n) is 6.43. The van der Waals surface area contributed by atoms with Crippen molar-refractivity contribution in [1.29, 1.82) is 0 Å². The van der Waals surface area contributed by atoms with Gasteiger partial charge in [0.15, 0.2) is 5.78 Å². The molecule has 0 unspecified atom stereocenters. The molecule has 6 nitrogen and oxygen atoms in total. The Morgan fingerprint density at radius 3 is 2.49 bits per heavy atom. The van der Waals surface area contributed by atoms with Crippen LogP contribution in [0.15, 0.2) is 72.8 Å². The van der Waals surface area contributed by atoms with E-state index in [4.69, 9.17) is 4.74 Å². The number of ketones is 1. The molecular formula is C29H36N2O4S2. The molecule has 2 aliphatic rings. The number of amides is 2. The molecule has 2 aliphatic heterocycles. The lowest BCUT2D eigenvalue weighted by Crippen LogP contribution is -2.53. The van der Waals surface area contributed by atoms with Gasteiger partial charge < -0.3 is 15.0 Å². The number of ether oxygens (including phenoxy) is 1. The molecule has 37 heavy (non-hydrogen) atoms. The molecule has 2 amide bonds. The van der Waals surface area contributed by atoms with E-state index in [1.807, 2.05) is 66.7 Å². The number of Topliss-reactive ketones (excluding diaryl/α,β-unsaturated/α-hetero) is 1. The molecule has 2 heterocycles. The molecule has 2 fully saturated rings. The van der Waals surface area contributed by atoms with Gasteiger partial charge in [0.05, 0.1) is 6.10 Å². The van der Waals surface area contributed by atoms with Gasteiger partial charge in [-0.3, -0.25) is 14.4 Å². The third-order valence-corrected chi connectivity index (χ3v) is 7.54. The molecule has 3 aromatic carbocycles. The molecule has 0 aromatic heterocycles. The summed E-state index contributed by atoms with van der Waals surface area (Å²) in [5.74, 6) is 0.559. The number of likely N-dealkylation sites (tertiary alicyclic amines) is 1. The van der Waals surface area contributed by atoms with Crippen LogP contribution in [-0.2, 0) is 20.1 Å². The van der Waals surface area contributed by atoms with Gasteiger partial charge in [-0.15, -0.1) is 0 Å². The molecule has 3 aromatic rings. The Balaban J connectivity index is 0.00000160. The van der Waals surface area contributed by atoms with Crippen molar-refractivity contribution in [3.8, 4) is 0 Å². The second kappa shape index (κ2) is 13.7. The van der Waals surface area contributed by atoms with Gasteiger partial charge in [-0.1, -0.05) is 81.6 Å². The van der Waals surface area contributed by atoms with Crippen molar-refractivity contribution >= 4 is 53.6 Å². The molecule has 0 aliphatic carbocycles. The highest BCUT2D eigenvalue weighted by molar-refractivity contribution is 7.98. The predicted octanol–water partition coefficient (Wildman–Crippen LogP) is 4.83. The van der Waals surface area contributed by atoms with Crippen LogP contribution in [0.5, 0.6) is 0 Å². The molecule has 8 heteroatoms. The van der Waals surface area contributed by atoms with E-state index < -0.39 is 12.1 Å². The van der Waals surface area contributed by atoms with Gasteiger partial charge in [-0.25, -0.2) is 0 Å². The standard InChI is InChI=1S/C27H26N2O4S.2CH4.H2S/c30-23-15-33-24-13-14-29(25(23)24)27(32)22(17-34-16-18-7-2-1-3-8-18)28-26(31)21-12-6-10-19-9-4-5-11-20(19)21;;;/h1-12,22,24-25H,13-17H2,(H,28,31);2*1H4;1H2/t22-,24+,25+;;;/m0.../s1. The van der Waals surface area contributed by atoms with Crippen LogP contribution in [0, 0.1) is 0 Å². The second-order valence-corrected chi connectivity index (χ2v) is 9.66. The van der Waals surface area contributed by atoms with Crippen LogP contribution in [0.1, 0.15) is 37.2 Å². The number of rotatable bonds is 7. The maximum absolute atomic E-state index is 13.6. The van der Waals surface area contributed by atoms with Crippen LogP contribution < -0.4 is 5.32 Å². The Bertz CT molecular complexity index is 1220. The second-order valence-electron chi connectivity index (χ2n) is 8.63. The topological polar surface area (TPSA) is 75.7 Å². The number of benzene rings is 3. The van der Waals surface area contributed by atoms with Gasteiger partial charge in [0.2, 0.25) is 5.91 Å². The summed E-state index contributed by atoms with van der Waals surface area (Å²) in [7, 11) is 0. The van der Waals surface area contributed by atoms with E-state index in [1.54, 1.807) is 22.7 Å². The van der Waals surface area contributed by atoms with Gasteiger partial charge in [-0.2, -0.15) is 25.3 Å². The van der Waals surface area contributed by atoms with Crippen LogP contribution >= 0.6 is 25.3 Å². The average Bonchev–Trinajstić information content (AvgIpc) is 3.46. The summed E-state index contributed by atoms with van der Waals surface area (Å²) in [4.78, 5) is 40.9. The van der Waals surface area contributed by atoms with Crippen molar-refractivity contribution in [2.24, 2.45) is 0 Å². The maximum Gasteiger partial charge on any atom is 0.252 e. The van der Waals surface area contributed by atoms with Gasteiger partial charge in [0.1, 0.15) is 18.7 Å². The number of fused-ring (bicyclic) bond motifs is 2. The maximum atomic E-state index is 13.6. The quantitative estimate of drug-likeness (QED) is 0.465. The number of carbonyl (C=O) groups is 3. The van der Waals surface area contributed by atoms with E-state index in [2.05, 4.69) is 5.32 Å². The Labute approximate surface area is 230 Å². The monoisotopic (exact) mass is 540 g/mol. The fourth-order valence-corrected chi connectivity index (χ4v) is 5.75. The van der Waals surface area contributed by atoms with Crippen LogP contribution in [0.3, 0.4) is 0 Å². The number of nitrogens with one attached hydrogen (secondary N) is 1. The highest BCUT2D eigenvalue weighted by atomic mass is 32.2. The van der Waals surface area contributed by atoms with Crippen molar-refractivity contribution in [2.45, 2.75) is 45.2 Å². The third kappa shape index (κ3) is 6.55. The van der Waals surface area contributed by atoms with E-state index in [-0.39, 0.29) is 58.7 Å². The smallest absolute Gasteiger partial charge is 0.252 e. The first-order valence-corrected chi connectivity index (χ1v) is 12.6. The van der Waals surface area contributed by atoms with E-state index in [1.165, 1.54) is 0 Å². The van der Waals surface area contributed by atoms with E-state index in [9.17, 15) is 14.4 Å². The molecule has 0 spiro atoms. The first-order chi connectivity index (χ1) is 16.6. The summed E-state index contributed by atoms with van der Waals surface area (Å²) in [6, 6.07) is 22.0. The van der Waals surface area contributed by atoms with E-state index in [0.717, 1.165) is 22.1 Å². The largest absolute Gasteiger partial charge is 0.368 e. The average molecular weight is 541 g/mol. The summed E-state index contributed by atoms with van der Waals surface area (Å²) in [5.41, 5.74) is 1.68. The molecule has 1 N–H and O–H groups in total. The van der Waals surface area contributed by atoms with E-state index in [0.29, 0.717) is 24.3 Å². The van der Waals surface area contributed by atoms with Gasteiger partial charge >= 0.3 is 0 Å². The van der Waals surface area contributed by atoms with Gasteiger partial charge in [0.25, 0.3) is 5.91 Å². The first-order valence-electron chi connectivity index (χ1n) is 11.5. The molecule has 0 radical (unpaired) electrons. The van der Waals surface area contributed by atoms with Crippen molar-refractivity contribution in [2.75, 3.05) is 18.9 Å². The molecule has 0 bridgehead atoms. The van der Waals surface area contributed by atoms with E-state index >= 15 is 0 Å². The van der Waals surface area contributed by atoms with Crippen LogP contribution in [0.25, 0.3) is 10.8 Å². The molecule has 5 rings (SSSR count). The van der Waals surface area contributed by atoms with Crippen molar-refractivity contribution in [3.63, 3.8) is 0 Å². The Morgan fingerprint density at radius 1 is 1.00 bits per heavy atom. The Morgan fingerprint density at radius 2 is 1.70 bits per heavy atom. The number of carbonyl (C=O) groups excluding carboxylic acids is 3. The van der Waals surface area contributed by atoms with Crippen molar-refractivity contribution in [3.05, 3.63) is 83.9 Å². The fourth-order valence-electron chi connectivity index (χ4n) is 4.74. The minimum atomic E-state index is -0.743. The summed E-state index contributed by atoms with van der Waals surface area (Å²) >= 11 is 1.59. The zero-order chi connectivity index (χ0) is 23.5. The Kier molecular flexibility index (Phi) is 11.2. The lowest BCUT2D eigenvalue weighted by molar-refractivity contribution is -0.137. The zero-order valence-corrected chi connectivity index (χ0v) is 21.0. The molecule has 198 valence electrons. The molecule has 3 atom stereocenters. The molecular weight excluding hydrogens is 504 g/mol. The predicted molar refractivity (Wildman–Crippen MR) is 157 cm³/mol. The van der Waals surface area contributed by atoms with Crippen LogP contribution in [-0.4, -0.2) is 59.6 Å². The van der Waals surface area contributed by atoms with Crippen LogP contribution in [0.2, 0.25) is 0 Å². The lowest BCUT2D eigenvalue weighted by atomic mass is 10.0. The highest BCUT2D eigenvalue weighted by Gasteiger charge is 2.48. The van der Waals surface area contributed by atoms with Gasteiger partial charge in [-0.05, 0) is 28.8 Å². The fraction of sp³-hybridized carbons (Fsp3) is 0.345. The minimum absolute atomic E-state index is 0. The van der Waals surface area contributed by atoms with Gasteiger partial charge in [0, 0.05) is 23.6 Å². The van der Waals surface area contributed by atoms with Crippen LogP contribution in [0.4, 0.5) is 0 Å². The normalized spacial score (nSPS) is 18.7. The Hall–Kier alpha value is -2.81. The molecule has 0 saturated carbocycles. The minimum Gasteiger partial charge on any atom is -0.368 e. The summed E-state index contributed by atoms with van der Waals surface area (Å²) in [6.07, 6.45) is 0.409. The highest BCUT2D eigenvalue weighted by Crippen LogP contribution is 2.28. The summed E-state index contributed by atoms with van der Waals surface area (Å²) in [6.45, 7) is 0.513. The SMILES string of the molecule is C.C.O=C(N[C@@H](CSCc1ccccc1)C(=O)N1CC[C@H]2OCC(=O)[C@H]21)c1cccc2ccccc12.S. The van der Waals surface area contributed by atoms with Crippen molar-refractivity contribution in [1.82, 2.24) is 10.2 Å².